The van der Waals surface area contributed by atoms with Crippen LogP contribution >= 0.6 is 11.3 Å². The highest BCUT2D eigenvalue weighted by Gasteiger charge is 2.33. The maximum absolute atomic E-state index is 12.8. The fourth-order valence-electron chi connectivity index (χ4n) is 4.88. The highest BCUT2D eigenvalue weighted by atomic mass is 32.1. The molecular weight excluding hydrogens is 588 g/mol. The van der Waals surface area contributed by atoms with Crippen molar-refractivity contribution in [2.45, 2.75) is 19.4 Å². The predicted octanol–water partition coefficient (Wildman–Crippen LogP) is 5.05. The van der Waals surface area contributed by atoms with Gasteiger partial charge in [-0.2, -0.15) is 5.10 Å². The summed E-state index contributed by atoms with van der Waals surface area (Å²) >= 11 is 1.35. The number of nitrogens with zero attached hydrogens (tertiary/aromatic N) is 3. The first-order valence-electron chi connectivity index (χ1n) is 13.5. The first-order chi connectivity index (χ1) is 21.3. The number of nitrogens with one attached hydrogen (secondary N) is 1. The lowest BCUT2D eigenvalue weighted by atomic mass is 9.97. The lowest BCUT2D eigenvalue weighted by Crippen LogP contribution is -2.24. The van der Waals surface area contributed by atoms with E-state index in [2.05, 4.69) is 15.4 Å². The standard InChI is InChI=1S/C31H32N4O8S/c1-17(36)35-23(15-21(34-35)19-12-26(40-4)30(42-6)27(13-19)41-5)18-7-9-24(39-3)25(11-18)43-16-29(37)33-31-32-22-14-20(38-2)8-10-28(22)44-31/h7-14,23H,15-16H2,1-6H3,(H,32,33,37). The molecule has 0 spiro atoms. The molecule has 0 bridgehead atoms. The normalized spacial score (nSPS) is 14.2. The molecule has 1 aromatic heterocycles. The van der Waals surface area contributed by atoms with E-state index in [9.17, 15) is 9.59 Å². The molecule has 1 unspecified atom stereocenters. The zero-order chi connectivity index (χ0) is 31.4. The molecule has 4 aromatic rings. The number of hydrogen-bond acceptors (Lipinski definition) is 11. The molecule has 12 nitrogen and oxygen atoms in total. The average Bonchev–Trinajstić information content (AvgIpc) is 3.67. The first kappa shape index (κ1) is 30.4. The van der Waals surface area contributed by atoms with Crippen LogP contribution in [0.3, 0.4) is 0 Å². The molecule has 0 saturated carbocycles. The predicted molar refractivity (Wildman–Crippen MR) is 166 cm³/mol. The van der Waals surface area contributed by atoms with E-state index in [0.717, 1.165) is 21.3 Å². The number of ether oxygens (including phenoxy) is 6. The minimum Gasteiger partial charge on any atom is -0.497 e. The molecule has 0 aliphatic carbocycles. The minimum atomic E-state index is -0.427. The number of fused-ring (bicyclic) bond motifs is 1. The van der Waals surface area contributed by atoms with Crippen molar-refractivity contribution in [3.8, 4) is 34.5 Å². The van der Waals surface area contributed by atoms with Crippen LogP contribution in [-0.4, -0.2) is 69.7 Å². The second kappa shape index (κ2) is 13.1. The molecule has 1 aliphatic heterocycles. The van der Waals surface area contributed by atoms with Crippen LogP contribution in [-0.2, 0) is 9.59 Å². The van der Waals surface area contributed by atoms with E-state index in [0.29, 0.717) is 51.8 Å². The Hall–Kier alpha value is -5.04. The van der Waals surface area contributed by atoms with Crippen LogP contribution in [0.2, 0.25) is 0 Å². The van der Waals surface area contributed by atoms with Gasteiger partial charge in [0.2, 0.25) is 11.7 Å². The number of methoxy groups -OCH3 is 5. The second-order valence-electron chi connectivity index (χ2n) is 9.64. The maximum atomic E-state index is 12.8. The van der Waals surface area contributed by atoms with Gasteiger partial charge < -0.3 is 28.4 Å². The monoisotopic (exact) mass is 620 g/mol. The Bertz CT molecular complexity index is 1710. The number of amides is 2. The summed E-state index contributed by atoms with van der Waals surface area (Å²) in [5.74, 6) is 2.26. The molecule has 5 rings (SSSR count). The van der Waals surface area contributed by atoms with Crippen molar-refractivity contribution in [2.75, 3.05) is 47.5 Å². The maximum Gasteiger partial charge on any atom is 0.264 e. The van der Waals surface area contributed by atoms with Crippen LogP contribution in [0.15, 0.2) is 53.6 Å². The summed E-state index contributed by atoms with van der Waals surface area (Å²) in [6.07, 6.45) is 0.410. The Morgan fingerprint density at radius 1 is 0.886 bits per heavy atom. The van der Waals surface area contributed by atoms with Gasteiger partial charge in [0.25, 0.3) is 5.91 Å². The van der Waals surface area contributed by atoms with Gasteiger partial charge >= 0.3 is 0 Å². The van der Waals surface area contributed by atoms with Crippen LogP contribution < -0.4 is 33.7 Å². The third-order valence-corrected chi connectivity index (χ3v) is 7.96. The van der Waals surface area contributed by atoms with E-state index < -0.39 is 6.04 Å². The molecular formula is C31H32N4O8S. The van der Waals surface area contributed by atoms with Gasteiger partial charge in [-0.1, -0.05) is 17.4 Å². The summed E-state index contributed by atoms with van der Waals surface area (Å²) in [6.45, 7) is 1.17. The van der Waals surface area contributed by atoms with Crippen LogP contribution in [0.4, 0.5) is 5.13 Å². The number of rotatable bonds is 11. The number of hydrazone groups is 1. The second-order valence-corrected chi connectivity index (χ2v) is 10.7. The lowest BCUT2D eigenvalue weighted by molar-refractivity contribution is -0.130. The SMILES string of the molecule is COc1ccc2sc(NC(=O)COc3cc(C4CC(c5cc(OC)c(OC)c(OC)c5)=NN4C(C)=O)ccc3OC)nc2c1. The van der Waals surface area contributed by atoms with E-state index in [1.807, 2.05) is 18.2 Å². The van der Waals surface area contributed by atoms with Crippen LogP contribution in [0.25, 0.3) is 10.2 Å². The molecule has 0 saturated heterocycles. The molecule has 2 amide bonds. The number of thiazole rings is 1. The summed E-state index contributed by atoms with van der Waals surface area (Å²) in [5.41, 5.74) is 2.86. The van der Waals surface area contributed by atoms with E-state index in [-0.39, 0.29) is 18.4 Å². The molecule has 3 aromatic carbocycles. The number of benzene rings is 3. The van der Waals surface area contributed by atoms with Crippen molar-refractivity contribution in [1.82, 2.24) is 9.99 Å². The van der Waals surface area contributed by atoms with Crippen LogP contribution in [0.5, 0.6) is 34.5 Å². The van der Waals surface area contributed by atoms with Gasteiger partial charge in [-0.05, 0) is 42.0 Å². The van der Waals surface area contributed by atoms with Crippen molar-refractivity contribution >= 4 is 44.2 Å². The van der Waals surface area contributed by atoms with E-state index in [4.69, 9.17) is 28.4 Å². The van der Waals surface area contributed by atoms with E-state index >= 15 is 0 Å². The fourth-order valence-corrected chi connectivity index (χ4v) is 5.74. The van der Waals surface area contributed by atoms with E-state index in [1.165, 1.54) is 51.7 Å². The van der Waals surface area contributed by atoms with Crippen LogP contribution in [0, 0.1) is 0 Å². The summed E-state index contributed by atoms with van der Waals surface area (Å²) in [7, 11) is 7.71. The van der Waals surface area contributed by atoms with Crippen molar-refractivity contribution in [2.24, 2.45) is 5.10 Å². The van der Waals surface area contributed by atoms with Gasteiger partial charge in [-0.3, -0.25) is 14.9 Å². The van der Waals surface area contributed by atoms with Crippen molar-refractivity contribution < 1.29 is 38.0 Å². The molecule has 0 radical (unpaired) electrons. The van der Waals surface area contributed by atoms with Crippen molar-refractivity contribution in [1.29, 1.82) is 0 Å². The van der Waals surface area contributed by atoms with Gasteiger partial charge in [-0.15, -0.1) is 0 Å². The molecule has 1 aliphatic rings. The zero-order valence-electron chi connectivity index (χ0n) is 25.1. The lowest BCUT2D eigenvalue weighted by Gasteiger charge is -2.21. The third-order valence-electron chi connectivity index (χ3n) is 7.00. The van der Waals surface area contributed by atoms with Gasteiger partial charge in [0.15, 0.2) is 34.7 Å². The Labute approximate surface area is 258 Å². The Balaban J connectivity index is 1.34. The number of anilines is 1. The number of carbonyl (C=O) groups excluding carboxylic acids is 2. The molecule has 2 heterocycles. The molecule has 44 heavy (non-hydrogen) atoms. The quantitative estimate of drug-likeness (QED) is 0.245. The Morgan fingerprint density at radius 2 is 1.61 bits per heavy atom. The summed E-state index contributed by atoms with van der Waals surface area (Å²) < 4.78 is 34.0. The van der Waals surface area contributed by atoms with Gasteiger partial charge in [0.05, 0.1) is 57.5 Å². The van der Waals surface area contributed by atoms with Gasteiger partial charge in [-0.25, -0.2) is 9.99 Å². The smallest absolute Gasteiger partial charge is 0.264 e. The molecule has 230 valence electrons. The Morgan fingerprint density at radius 3 is 2.25 bits per heavy atom. The number of carbonyl (C=O) groups is 2. The number of hydrogen-bond donors (Lipinski definition) is 1. The topological polar surface area (TPSA) is 130 Å². The van der Waals surface area contributed by atoms with Gasteiger partial charge in [0.1, 0.15) is 5.75 Å². The Kier molecular flexibility index (Phi) is 9.04. The fraction of sp³-hybridized carbons (Fsp3) is 0.290. The first-order valence-corrected chi connectivity index (χ1v) is 14.3. The third kappa shape index (κ3) is 6.18. The molecule has 0 fully saturated rings. The molecule has 13 heteroatoms. The van der Waals surface area contributed by atoms with Gasteiger partial charge in [0, 0.05) is 25.0 Å². The van der Waals surface area contributed by atoms with Crippen LogP contribution in [0.1, 0.15) is 30.5 Å². The minimum absolute atomic E-state index is 0.233. The van der Waals surface area contributed by atoms with Crippen molar-refractivity contribution in [3.05, 3.63) is 59.7 Å². The van der Waals surface area contributed by atoms with E-state index in [1.54, 1.807) is 37.4 Å². The molecule has 1 atom stereocenters. The summed E-state index contributed by atoms with van der Waals surface area (Å²) in [6, 6.07) is 14.0. The highest BCUT2D eigenvalue weighted by Crippen LogP contribution is 2.42. The summed E-state index contributed by atoms with van der Waals surface area (Å²) in [5, 5.41) is 9.30. The summed E-state index contributed by atoms with van der Waals surface area (Å²) in [4.78, 5) is 29.9. The highest BCUT2D eigenvalue weighted by molar-refractivity contribution is 7.22. The zero-order valence-corrected chi connectivity index (χ0v) is 25.9. The molecule has 1 N–H and O–H groups in total. The largest absolute Gasteiger partial charge is 0.497 e. The average molecular weight is 621 g/mol. The van der Waals surface area contributed by atoms with Crippen molar-refractivity contribution in [3.63, 3.8) is 0 Å². The number of aromatic nitrogens is 1.